The number of halogens is 3. The molecule has 5 heteroatoms. The standard InChI is InChI=1S/C7H11Br3OS/c1-6(11)12-5-7(2-8,3-9)4-10/h2-5H2,1H3. The molecular formula is C7H11Br3OS. The van der Waals surface area contributed by atoms with E-state index in [1.807, 2.05) is 0 Å². The molecule has 0 aliphatic rings. The molecule has 0 unspecified atom stereocenters. The molecule has 0 aliphatic carbocycles. The van der Waals surface area contributed by atoms with Gasteiger partial charge in [0.05, 0.1) is 0 Å². The van der Waals surface area contributed by atoms with Gasteiger partial charge in [0.2, 0.25) is 0 Å². The van der Waals surface area contributed by atoms with Crippen molar-refractivity contribution in [3.8, 4) is 0 Å². The average Bonchev–Trinajstić information content (AvgIpc) is 2.08. The Balaban J connectivity index is 4.01. The minimum atomic E-state index is 0.149. The normalized spacial score (nSPS) is 11.7. The van der Waals surface area contributed by atoms with E-state index in [2.05, 4.69) is 47.8 Å². The van der Waals surface area contributed by atoms with Crippen LogP contribution in [0.2, 0.25) is 0 Å². The fraction of sp³-hybridized carbons (Fsp3) is 0.857. The van der Waals surface area contributed by atoms with Crippen molar-refractivity contribution in [2.45, 2.75) is 6.92 Å². The molecule has 12 heavy (non-hydrogen) atoms. The lowest BCUT2D eigenvalue weighted by atomic mass is 10.0. The minimum Gasteiger partial charge on any atom is -0.288 e. The Bertz CT molecular complexity index is 139. The van der Waals surface area contributed by atoms with E-state index >= 15 is 0 Å². The van der Waals surface area contributed by atoms with Gasteiger partial charge in [-0.15, -0.1) is 0 Å². The van der Waals surface area contributed by atoms with E-state index < -0.39 is 0 Å². The van der Waals surface area contributed by atoms with Crippen LogP contribution >= 0.6 is 59.6 Å². The number of rotatable bonds is 5. The van der Waals surface area contributed by atoms with Crippen LogP contribution in [0.3, 0.4) is 0 Å². The van der Waals surface area contributed by atoms with E-state index in [4.69, 9.17) is 0 Å². The SMILES string of the molecule is CC(=O)SCC(CBr)(CBr)CBr. The average molecular weight is 383 g/mol. The molecule has 0 atom stereocenters. The number of thioether (sulfide) groups is 1. The summed E-state index contributed by atoms with van der Waals surface area (Å²) in [6, 6.07) is 0. The Morgan fingerprint density at radius 1 is 1.25 bits per heavy atom. The quantitative estimate of drug-likeness (QED) is 0.677. The van der Waals surface area contributed by atoms with Crippen LogP contribution in [0, 0.1) is 5.41 Å². The molecule has 0 amide bonds. The fourth-order valence-electron chi connectivity index (χ4n) is 0.478. The van der Waals surface area contributed by atoms with Gasteiger partial charge >= 0.3 is 0 Å². The summed E-state index contributed by atoms with van der Waals surface area (Å²) in [7, 11) is 0. The van der Waals surface area contributed by atoms with Crippen LogP contribution in [-0.2, 0) is 4.79 Å². The highest BCUT2D eigenvalue weighted by Crippen LogP contribution is 2.30. The van der Waals surface area contributed by atoms with Crippen molar-refractivity contribution in [1.29, 1.82) is 0 Å². The van der Waals surface area contributed by atoms with E-state index in [1.165, 1.54) is 11.8 Å². The van der Waals surface area contributed by atoms with Crippen LogP contribution in [0.4, 0.5) is 0 Å². The van der Waals surface area contributed by atoms with Crippen LogP contribution in [0.15, 0.2) is 0 Å². The molecule has 0 aromatic heterocycles. The van der Waals surface area contributed by atoms with Gasteiger partial charge in [-0.1, -0.05) is 59.6 Å². The Morgan fingerprint density at radius 3 is 1.92 bits per heavy atom. The third-order valence-electron chi connectivity index (χ3n) is 1.43. The summed E-state index contributed by atoms with van der Waals surface area (Å²) in [5.74, 6) is 0.851. The van der Waals surface area contributed by atoms with Crippen LogP contribution in [0.25, 0.3) is 0 Å². The summed E-state index contributed by atoms with van der Waals surface area (Å²) >= 11 is 11.8. The molecule has 0 aromatic carbocycles. The first-order valence-corrected chi connectivity index (χ1v) is 7.76. The monoisotopic (exact) mass is 380 g/mol. The minimum absolute atomic E-state index is 0.149. The first-order chi connectivity index (χ1) is 5.60. The van der Waals surface area contributed by atoms with E-state index in [-0.39, 0.29) is 10.5 Å². The highest BCUT2D eigenvalue weighted by Gasteiger charge is 2.27. The lowest BCUT2D eigenvalue weighted by Gasteiger charge is -2.26. The van der Waals surface area contributed by atoms with Crippen molar-refractivity contribution < 1.29 is 4.79 Å². The molecule has 0 fully saturated rings. The van der Waals surface area contributed by atoms with Crippen molar-refractivity contribution in [3.63, 3.8) is 0 Å². The molecule has 72 valence electrons. The topological polar surface area (TPSA) is 17.1 Å². The third kappa shape index (κ3) is 4.63. The lowest BCUT2D eigenvalue weighted by molar-refractivity contribution is -0.109. The molecule has 0 N–H and O–H groups in total. The zero-order valence-electron chi connectivity index (χ0n) is 6.78. The first kappa shape index (κ1) is 13.5. The van der Waals surface area contributed by atoms with Gasteiger partial charge in [0.1, 0.15) is 0 Å². The Morgan fingerprint density at radius 2 is 1.67 bits per heavy atom. The van der Waals surface area contributed by atoms with Crippen LogP contribution in [-0.4, -0.2) is 26.9 Å². The molecule has 0 rings (SSSR count). The Hall–Kier alpha value is 1.46. The molecule has 0 aliphatic heterocycles. The summed E-state index contributed by atoms with van der Waals surface area (Å²) < 4.78 is 0. The summed E-state index contributed by atoms with van der Waals surface area (Å²) in [5.41, 5.74) is 0.149. The lowest BCUT2D eigenvalue weighted by Crippen LogP contribution is -2.30. The molecule has 0 saturated heterocycles. The van der Waals surface area contributed by atoms with Crippen LogP contribution in [0.5, 0.6) is 0 Å². The van der Waals surface area contributed by atoms with Crippen molar-refractivity contribution >= 4 is 64.7 Å². The molecule has 1 nitrogen and oxygen atoms in total. The number of hydrogen-bond donors (Lipinski definition) is 0. The van der Waals surface area contributed by atoms with E-state index in [0.717, 1.165) is 21.7 Å². The number of hydrogen-bond acceptors (Lipinski definition) is 2. The van der Waals surface area contributed by atoms with E-state index in [9.17, 15) is 4.79 Å². The molecule has 0 bridgehead atoms. The largest absolute Gasteiger partial charge is 0.288 e. The third-order valence-corrected chi connectivity index (χ3v) is 6.16. The molecule has 0 aromatic rings. The summed E-state index contributed by atoms with van der Waals surface area (Å²) in [5, 5.41) is 2.88. The molecule has 0 heterocycles. The Kier molecular flexibility index (Phi) is 7.68. The second kappa shape index (κ2) is 6.85. The van der Waals surface area contributed by atoms with Crippen molar-refractivity contribution in [1.82, 2.24) is 0 Å². The van der Waals surface area contributed by atoms with Gasteiger partial charge in [-0.3, -0.25) is 4.79 Å². The predicted octanol–water partition coefficient (Wildman–Crippen LogP) is 3.44. The van der Waals surface area contributed by atoms with Gasteiger partial charge in [-0.25, -0.2) is 0 Å². The highest BCUT2D eigenvalue weighted by molar-refractivity contribution is 9.10. The number of alkyl halides is 3. The van der Waals surface area contributed by atoms with Gasteiger partial charge in [0.25, 0.3) is 0 Å². The summed E-state index contributed by atoms with van der Waals surface area (Å²) in [6.07, 6.45) is 0. The van der Waals surface area contributed by atoms with Gasteiger partial charge in [-0.05, 0) is 0 Å². The maximum Gasteiger partial charge on any atom is 0.185 e. The van der Waals surface area contributed by atoms with Crippen molar-refractivity contribution in [2.75, 3.05) is 21.7 Å². The maximum absolute atomic E-state index is 10.8. The van der Waals surface area contributed by atoms with Gasteiger partial charge in [0, 0.05) is 34.1 Å². The zero-order valence-corrected chi connectivity index (χ0v) is 12.4. The van der Waals surface area contributed by atoms with E-state index in [0.29, 0.717) is 0 Å². The molecule has 0 spiro atoms. The summed E-state index contributed by atoms with van der Waals surface area (Å²) in [4.78, 5) is 10.8. The Labute approximate surface area is 103 Å². The highest BCUT2D eigenvalue weighted by atomic mass is 79.9. The smallest absolute Gasteiger partial charge is 0.185 e. The van der Waals surface area contributed by atoms with Gasteiger partial charge in [0.15, 0.2) is 5.12 Å². The van der Waals surface area contributed by atoms with Crippen molar-refractivity contribution in [2.24, 2.45) is 5.41 Å². The maximum atomic E-state index is 10.8. The molecule has 0 radical (unpaired) electrons. The number of carbonyl (C=O) groups is 1. The second-order valence-electron chi connectivity index (χ2n) is 2.68. The first-order valence-electron chi connectivity index (χ1n) is 3.41. The molecule has 0 saturated carbocycles. The molecular weight excluding hydrogens is 372 g/mol. The van der Waals surface area contributed by atoms with Crippen LogP contribution in [0.1, 0.15) is 6.92 Å². The van der Waals surface area contributed by atoms with Gasteiger partial charge in [-0.2, -0.15) is 0 Å². The number of carbonyl (C=O) groups excluding carboxylic acids is 1. The second-order valence-corrected chi connectivity index (χ2v) is 5.52. The van der Waals surface area contributed by atoms with Crippen molar-refractivity contribution in [3.05, 3.63) is 0 Å². The fourth-order valence-corrected chi connectivity index (χ4v) is 5.46. The predicted molar refractivity (Wildman–Crippen MR) is 67.0 cm³/mol. The van der Waals surface area contributed by atoms with E-state index in [1.54, 1.807) is 6.92 Å². The van der Waals surface area contributed by atoms with Crippen LogP contribution < -0.4 is 0 Å². The summed E-state index contributed by atoms with van der Waals surface area (Å²) in [6.45, 7) is 1.60. The zero-order chi connectivity index (χ0) is 9.61. The van der Waals surface area contributed by atoms with Gasteiger partial charge < -0.3 is 0 Å².